The molecule has 88 valence electrons. The summed E-state index contributed by atoms with van der Waals surface area (Å²) in [4.78, 5) is 13.9. The first-order valence-electron chi connectivity index (χ1n) is 5.30. The number of nitrogens with zero attached hydrogens (tertiary/aromatic N) is 2. The van der Waals surface area contributed by atoms with Crippen molar-refractivity contribution in [2.75, 3.05) is 24.7 Å². The first kappa shape index (κ1) is 11.7. The highest BCUT2D eigenvalue weighted by Crippen LogP contribution is 2.21. The molecule has 0 saturated carbocycles. The Morgan fingerprint density at radius 1 is 1.50 bits per heavy atom. The maximum absolute atomic E-state index is 11.7. The summed E-state index contributed by atoms with van der Waals surface area (Å²) in [5, 5.41) is 0. The van der Waals surface area contributed by atoms with E-state index in [1.165, 1.54) is 0 Å². The molecule has 0 spiro atoms. The molecule has 1 aromatic heterocycles. The van der Waals surface area contributed by atoms with Crippen molar-refractivity contribution in [3.63, 3.8) is 0 Å². The number of pyridine rings is 1. The topological polar surface area (TPSA) is 34.5 Å². The molecule has 16 heavy (non-hydrogen) atoms. The molecule has 1 fully saturated rings. The maximum Gasteiger partial charge on any atom is 0.252 e. The van der Waals surface area contributed by atoms with Gasteiger partial charge in [-0.05, 0) is 13.0 Å². The summed E-state index contributed by atoms with van der Waals surface area (Å²) in [7, 11) is 1.80. The Kier molecular flexibility index (Phi) is 3.35. The van der Waals surface area contributed by atoms with E-state index < -0.39 is 0 Å². The lowest BCUT2D eigenvalue weighted by molar-refractivity contribution is 0.0981. The van der Waals surface area contributed by atoms with Gasteiger partial charge in [0.25, 0.3) is 5.56 Å². The van der Waals surface area contributed by atoms with Crippen LogP contribution >= 0.6 is 15.9 Å². The highest BCUT2D eigenvalue weighted by atomic mass is 79.9. The number of halogens is 1. The number of hydrogen-bond acceptors (Lipinski definition) is 3. The van der Waals surface area contributed by atoms with Gasteiger partial charge < -0.3 is 9.64 Å². The van der Waals surface area contributed by atoms with Crippen LogP contribution in [0.4, 0.5) is 5.82 Å². The molecule has 1 aromatic rings. The minimum atomic E-state index is 0.00284. The van der Waals surface area contributed by atoms with E-state index in [0.717, 1.165) is 16.8 Å². The van der Waals surface area contributed by atoms with Crippen molar-refractivity contribution < 1.29 is 4.74 Å². The Balaban J connectivity index is 2.42. The van der Waals surface area contributed by atoms with Gasteiger partial charge in [-0.3, -0.25) is 9.36 Å². The zero-order valence-electron chi connectivity index (χ0n) is 9.44. The number of ether oxygens (including phenoxy) is 1. The lowest BCUT2D eigenvalue weighted by atomic mass is 10.2. The molecule has 1 saturated heterocycles. The minimum Gasteiger partial charge on any atom is -0.377 e. The summed E-state index contributed by atoms with van der Waals surface area (Å²) in [6.07, 6.45) is 0. The van der Waals surface area contributed by atoms with E-state index in [4.69, 9.17) is 4.74 Å². The fraction of sp³-hybridized carbons (Fsp3) is 0.545. The molecule has 0 radical (unpaired) electrons. The average Bonchev–Trinajstić information content (AvgIpc) is 2.24. The van der Waals surface area contributed by atoms with Crippen LogP contribution in [0.1, 0.15) is 6.92 Å². The van der Waals surface area contributed by atoms with Crippen LogP contribution in [0.3, 0.4) is 0 Å². The van der Waals surface area contributed by atoms with E-state index in [0.29, 0.717) is 19.3 Å². The highest BCUT2D eigenvalue weighted by molar-refractivity contribution is 9.10. The van der Waals surface area contributed by atoms with Crippen molar-refractivity contribution in [2.45, 2.75) is 13.0 Å². The second-order valence-electron chi connectivity index (χ2n) is 4.05. The van der Waals surface area contributed by atoms with Crippen LogP contribution in [0, 0.1) is 0 Å². The zero-order chi connectivity index (χ0) is 11.7. The smallest absolute Gasteiger partial charge is 0.252 e. The van der Waals surface area contributed by atoms with Gasteiger partial charge in [0.05, 0.1) is 19.3 Å². The molecule has 0 bridgehead atoms. The molecule has 0 aliphatic carbocycles. The summed E-state index contributed by atoms with van der Waals surface area (Å²) >= 11 is 3.36. The predicted molar refractivity (Wildman–Crippen MR) is 67.0 cm³/mol. The Bertz CT molecular complexity index is 444. The standard InChI is InChI=1S/C11H15BrN2O2/c1-8-7-16-4-3-14(8)10-5-9(12)6-11(15)13(10)2/h5-6,8H,3-4,7H2,1-2H3. The first-order valence-corrected chi connectivity index (χ1v) is 6.10. The normalized spacial score (nSPS) is 21.2. The fourth-order valence-electron chi connectivity index (χ4n) is 1.93. The largest absolute Gasteiger partial charge is 0.377 e. The molecule has 1 atom stereocenters. The zero-order valence-corrected chi connectivity index (χ0v) is 11.0. The quantitative estimate of drug-likeness (QED) is 0.782. The predicted octanol–water partition coefficient (Wildman–Crippen LogP) is 1.37. The van der Waals surface area contributed by atoms with Gasteiger partial charge in [-0.1, -0.05) is 15.9 Å². The maximum atomic E-state index is 11.7. The fourth-order valence-corrected chi connectivity index (χ4v) is 2.33. The van der Waals surface area contributed by atoms with Crippen molar-refractivity contribution in [3.8, 4) is 0 Å². The summed E-state index contributed by atoms with van der Waals surface area (Å²) in [5.41, 5.74) is 0.00284. The van der Waals surface area contributed by atoms with E-state index in [1.807, 2.05) is 6.07 Å². The Morgan fingerprint density at radius 2 is 2.25 bits per heavy atom. The van der Waals surface area contributed by atoms with Gasteiger partial charge in [0.15, 0.2) is 0 Å². The number of morpholine rings is 1. The molecule has 1 unspecified atom stereocenters. The molecule has 5 heteroatoms. The second-order valence-corrected chi connectivity index (χ2v) is 4.96. The Morgan fingerprint density at radius 3 is 2.94 bits per heavy atom. The molecule has 0 N–H and O–H groups in total. The van der Waals surface area contributed by atoms with Gasteiger partial charge >= 0.3 is 0 Å². The van der Waals surface area contributed by atoms with E-state index >= 15 is 0 Å². The molecular formula is C11H15BrN2O2. The summed E-state index contributed by atoms with van der Waals surface area (Å²) < 4.78 is 7.89. The third-order valence-corrected chi connectivity index (χ3v) is 3.32. The lowest BCUT2D eigenvalue weighted by Crippen LogP contribution is -2.45. The molecule has 2 rings (SSSR count). The number of hydrogen-bond donors (Lipinski definition) is 0. The summed E-state index contributed by atoms with van der Waals surface area (Å²) in [6.45, 7) is 4.35. The van der Waals surface area contributed by atoms with Gasteiger partial charge in [0.2, 0.25) is 0 Å². The van der Waals surface area contributed by atoms with Crippen LogP contribution in [0.2, 0.25) is 0 Å². The Labute approximate surface area is 103 Å². The van der Waals surface area contributed by atoms with Crippen LogP contribution in [0.15, 0.2) is 21.4 Å². The number of aromatic nitrogens is 1. The molecular weight excluding hydrogens is 272 g/mol. The van der Waals surface area contributed by atoms with E-state index in [-0.39, 0.29) is 5.56 Å². The first-order chi connectivity index (χ1) is 7.59. The average molecular weight is 287 g/mol. The minimum absolute atomic E-state index is 0.00284. The third-order valence-electron chi connectivity index (χ3n) is 2.86. The lowest BCUT2D eigenvalue weighted by Gasteiger charge is -2.36. The number of rotatable bonds is 1. The van der Waals surface area contributed by atoms with Crippen molar-refractivity contribution in [1.82, 2.24) is 4.57 Å². The Hall–Kier alpha value is -0.810. The van der Waals surface area contributed by atoms with Crippen LogP contribution < -0.4 is 10.5 Å². The molecule has 1 aliphatic heterocycles. The van der Waals surface area contributed by atoms with Crippen molar-refractivity contribution >= 4 is 21.7 Å². The van der Waals surface area contributed by atoms with Gasteiger partial charge in [-0.15, -0.1) is 0 Å². The molecule has 2 heterocycles. The van der Waals surface area contributed by atoms with E-state index in [9.17, 15) is 4.79 Å². The van der Waals surface area contributed by atoms with Gasteiger partial charge in [-0.25, -0.2) is 0 Å². The van der Waals surface area contributed by atoms with Gasteiger partial charge in [0.1, 0.15) is 5.82 Å². The van der Waals surface area contributed by atoms with Crippen LogP contribution in [-0.4, -0.2) is 30.4 Å². The molecule has 1 aliphatic rings. The van der Waals surface area contributed by atoms with Crippen LogP contribution in [-0.2, 0) is 11.8 Å². The summed E-state index contributed by atoms with van der Waals surface area (Å²) in [5.74, 6) is 0.940. The molecule has 4 nitrogen and oxygen atoms in total. The number of anilines is 1. The van der Waals surface area contributed by atoms with Gasteiger partial charge in [0, 0.05) is 24.1 Å². The summed E-state index contributed by atoms with van der Waals surface area (Å²) in [6, 6.07) is 3.85. The SMILES string of the molecule is CC1COCCN1c1cc(Br)cc(=O)n1C. The van der Waals surface area contributed by atoms with E-state index in [2.05, 4.69) is 27.8 Å². The van der Waals surface area contributed by atoms with Crippen LogP contribution in [0.5, 0.6) is 0 Å². The van der Waals surface area contributed by atoms with Crippen molar-refractivity contribution in [3.05, 3.63) is 27.0 Å². The molecule has 0 amide bonds. The molecule has 0 aromatic carbocycles. The van der Waals surface area contributed by atoms with Crippen molar-refractivity contribution in [2.24, 2.45) is 7.05 Å². The van der Waals surface area contributed by atoms with Crippen LogP contribution in [0.25, 0.3) is 0 Å². The van der Waals surface area contributed by atoms with E-state index in [1.54, 1.807) is 17.7 Å². The monoisotopic (exact) mass is 286 g/mol. The van der Waals surface area contributed by atoms with Crippen molar-refractivity contribution in [1.29, 1.82) is 0 Å². The second kappa shape index (κ2) is 4.59. The highest BCUT2D eigenvalue weighted by Gasteiger charge is 2.21. The third kappa shape index (κ3) is 2.15. The van der Waals surface area contributed by atoms with Gasteiger partial charge in [-0.2, -0.15) is 0 Å².